The molecule has 0 aliphatic carbocycles. The number of pyridine rings is 1. The number of aromatic nitrogens is 3. The molecule has 4 heterocycles. The van der Waals surface area contributed by atoms with Gasteiger partial charge in [-0.25, -0.2) is 14.2 Å². The van der Waals surface area contributed by atoms with Gasteiger partial charge in [0.05, 0.1) is 21.5 Å². The number of ether oxygens (including phenoxy) is 2. The van der Waals surface area contributed by atoms with Crippen LogP contribution in [-0.2, 0) is 27.8 Å². The van der Waals surface area contributed by atoms with Crippen molar-refractivity contribution in [2.45, 2.75) is 52.1 Å². The average molecular weight is 593 g/mol. The zero-order chi connectivity index (χ0) is 30.0. The first-order chi connectivity index (χ1) is 19.9. The molecule has 5 rings (SSSR count). The van der Waals surface area contributed by atoms with Gasteiger partial charge in [-0.3, -0.25) is 14.6 Å². The predicted octanol–water partition coefficient (Wildman–Crippen LogP) is 6.35. The highest BCUT2D eigenvalue weighted by Gasteiger charge is 2.31. The molecule has 1 unspecified atom stereocenters. The number of likely N-dealkylation sites (tertiary alicyclic amines) is 1. The summed E-state index contributed by atoms with van der Waals surface area (Å²) in [5.74, 6) is 0.215. The minimum Gasteiger partial charge on any atom is -0.453 e. The molecular formula is C31H33FN4O5S. The normalized spacial score (nSPS) is 15.3. The standard InChI is InChI=1S/C31H33FN4O5S/c1-31(2,3)41-30(39)36-11-8-20(18-36)14-22(38)16-21(37)13-19-5-6-25(23(32)15-19)40-26-7-9-33-24-17-27(42-28(24)26)29-34-10-12-35(29)4/h5-7,9-10,12,15,17,20H,8,11,13-14,16,18H2,1-4H3. The number of amides is 1. The Kier molecular flexibility index (Phi) is 8.40. The summed E-state index contributed by atoms with van der Waals surface area (Å²) in [6.07, 6.45) is 5.42. The maximum atomic E-state index is 15.0. The predicted molar refractivity (Wildman–Crippen MR) is 157 cm³/mol. The molecule has 1 amide bonds. The fraction of sp³-hybridized carbons (Fsp3) is 0.387. The molecule has 4 aromatic rings. The molecule has 0 saturated carbocycles. The van der Waals surface area contributed by atoms with E-state index in [-0.39, 0.29) is 48.6 Å². The number of ketones is 2. The van der Waals surface area contributed by atoms with Gasteiger partial charge < -0.3 is 18.9 Å². The third-order valence-electron chi connectivity index (χ3n) is 6.88. The van der Waals surface area contributed by atoms with E-state index in [2.05, 4.69) is 9.97 Å². The average Bonchev–Trinajstić information content (AvgIpc) is 3.64. The van der Waals surface area contributed by atoms with Crippen LogP contribution in [-0.4, -0.2) is 55.8 Å². The Labute approximate surface area is 247 Å². The molecule has 220 valence electrons. The Bertz CT molecular complexity index is 1640. The van der Waals surface area contributed by atoms with Crippen molar-refractivity contribution >= 4 is 39.2 Å². The van der Waals surface area contributed by atoms with Crippen LogP contribution in [0.15, 0.2) is 48.9 Å². The van der Waals surface area contributed by atoms with Crippen molar-refractivity contribution in [2.24, 2.45) is 13.0 Å². The fourth-order valence-corrected chi connectivity index (χ4v) is 6.06. The van der Waals surface area contributed by atoms with Gasteiger partial charge in [0.1, 0.15) is 28.7 Å². The van der Waals surface area contributed by atoms with Crippen molar-refractivity contribution in [3.63, 3.8) is 0 Å². The molecule has 9 nitrogen and oxygen atoms in total. The first-order valence-corrected chi connectivity index (χ1v) is 14.6. The monoisotopic (exact) mass is 592 g/mol. The van der Waals surface area contributed by atoms with Crippen LogP contribution in [0, 0.1) is 11.7 Å². The summed E-state index contributed by atoms with van der Waals surface area (Å²) in [5, 5.41) is 0. The lowest BCUT2D eigenvalue weighted by Gasteiger charge is -2.24. The number of benzene rings is 1. The van der Waals surface area contributed by atoms with E-state index < -0.39 is 11.4 Å². The molecule has 11 heteroatoms. The second-order valence-corrected chi connectivity index (χ2v) is 12.6. The molecule has 0 bridgehead atoms. The van der Waals surface area contributed by atoms with E-state index in [1.54, 1.807) is 29.4 Å². The smallest absolute Gasteiger partial charge is 0.410 e. The second-order valence-electron chi connectivity index (χ2n) is 11.6. The topological polar surface area (TPSA) is 104 Å². The number of thiophene rings is 1. The van der Waals surface area contributed by atoms with Gasteiger partial charge in [-0.15, -0.1) is 11.3 Å². The van der Waals surface area contributed by atoms with E-state index >= 15 is 4.39 Å². The van der Waals surface area contributed by atoms with Crippen molar-refractivity contribution in [3.8, 4) is 22.2 Å². The molecule has 1 aromatic carbocycles. The molecule has 1 fully saturated rings. The van der Waals surface area contributed by atoms with Crippen LogP contribution >= 0.6 is 11.3 Å². The number of carbonyl (C=O) groups is 3. The number of fused-ring (bicyclic) bond motifs is 1. The molecule has 0 radical (unpaired) electrons. The van der Waals surface area contributed by atoms with Crippen molar-refractivity contribution in [1.82, 2.24) is 19.4 Å². The number of aryl methyl sites for hydroxylation is 1. The number of Topliss-reactive ketones (excluding diaryl/α,β-unsaturated/α-hetero) is 2. The number of halogens is 1. The third kappa shape index (κ3) is 7.02. The summed E-state index contributed by atoms with van der Waals surface area (Å²) in [5.41, 5.74) is 0.599. The fourth-order valence-electron chi connectivity index (χ4n) is 4.96. The van der Waals surface area contributed by atoms with Gasteiger partial charge >= 0.3 is 6.09 Å². The number of hydrogen-bond donors (Lipinski definition) is 0. The number of imidazole rings is 1. The Balaban J connectivity index is 1.16. The summed E-state index contributed by atoms with van der Waals surface area (Å²) in [7, 11) is 1.91. The highest BCUT2D eigenvalue weighted by molar-refractivity contribution is 7.22. The molecule has 0 spiro atoms. The van der Waals surface area contributed by atoms with Crippen LogP contribution in [0.4, 0.5) is 9.18 Å². The zero-order valence-corrected chi connectivity index (χ0v) is 24.9. The van der Waals surface area contributed by atoms with Crippen LogP contribution in [0.25, 0.3) is 20.9 Å². The summed E-state index contributed by atoms with van der Waals surface area (Å²) < 4.78 is 29.0. The minimum atomic E-state index is -0.606. The lowest BCUT2D eigenvalue weighted by molar-refractivity contribution is -0.127. The van der Waals surface area contributed by atoms with Crippen LogP contribution in [0.3, 0.4) is 0 Å². The quantitative estimate of drug-likeness (QED) is 0.209. The highest BCUT2D eigenvalue weighted by atomic mass is 32.1. The van der Waals surface area contributed by atoms with Crippen molar-refractivity contribution in [2.75, 3.05) is 13.1 Å². The van der Waals surface area contributed by atoms with Crippen molar-refractivity contribution < 1.29 is 28.2 Å². The summed E-state index contributed by atoms with van der Waals surface area (Å²) in [4.78, 5) is 48.8. The lowest BCUT2D eigenvalue weighted by atomic mass is 9.97. The maximum Gasteiger partial charge on any atom is 0.410 e. The Morgan fingerprint density at radius 1 is 1.07 bits per heavy atom. The largest absolute Gasteiger partial charge is 0.453 e. The molecule has 0 N–H and O–H groups in total. The maximum absolute atomic E-state index is 15.0. The van der Waals surface area contributed by atoms with E-state index in [1.165, 1.54) is 23.5 Å². The molecular weight excluding hydrogens is 559 g/mol. The van der Waals surface area contributed by atoms with Crippen LogP contribution in [0.2, 0.25) is 0 Å². The van der Waals surface area contributed by atoms with Gasteiger partial charge in [0, 0.05) is 57.6 Å². The molecule has 42 heavy (non-hydrogen) atoms. The lowest BCUT2D eigenvalue weighted by Crippen LogP contribution is -2.35. The molecule has 1 saturated heterocycles. The zero-order valence-electron chi connectivity index (χ0n) is 24.1. The SMILES string of the molecule is Cn1ccnc1-c1cc2nccc(Oc3ccc(CC(=O)CC(=O)CC4CCN(C(=O)OC(C)(C)C)C4)cc3F)c2s1. The number of hydrogen-bond acceptors (Lipinski definition) is 8. The van der Waals surface area contributed by atoms with Gasteiger partial charge in [0.25, 0.3) is 0 Å². The molecule has 1 aliphatic heterocycles. The summed E-state index contributed by atoms with van der Waals surface area (Å²) in [6, 6.07) is 7.98. The van der Waals surface area contributed by atoms with Crippen LogP contribution in [0.1, 0.15) is 45.6 Å². The number of rotatable bonds is 9. The summed E-state index contributed by atoms with van der Waals surface area (Å²) in [6.45, 7) is 6.38. The Morgan fingerprint density at radius 3 is 2.60 bits per heavy atom. The van der Waals surface area contributed by atoms with E-state index in [0.717, 1.165) is 20.9 Å². The van der Waals surface area contributed by atoms with Gasteiger partial charge in [-0.05, 0) is 56.9 Å². The van der Waals surface area contributed by atoms with E-state index in [4.69, 9.17) is 9.47 Å². The molecule has 1 aliphatic rings. The minimum absolute atomic E-state index is 0.00509. The first-order valence-electron chi connectivity index (χ1n) is 13.8. The third-order valence-corrected chi connectivity index (χ3v) is 8.02. The van der Waals surface area contributed by atoms with E-state index in [0.29, 0.717) is 30.8 Å². The number of carbonyl (C=O) groups excluding carboxylic acids is 3. The molecule has 3 aromatic heterocycles. The van der Waals surface area contributed by atoms with E-state index in [9.17, 15) is 14.4 Å². The van der Waals surface area contributed by atoms with Gasteiger partial charge in [-0.2, -0.15) is 0 Å². The first kappa shape index (κ1) is 29.4. The Morgan fingerprint density at radius 2 is 1.88 bits per heavy atom. The van der Waals surface area contributed by atoms with Gasteiger partial charge in [-0.1, -0.05) is 6.07 Å². The summed E-state index contributed by atoms with van der Waals surface area (Å²) >= 11 is 1.46. The second kappa shape index (κ2) is 12.0. The van der Waals surface area contributed by atoms with Gasteiger partial charge in [0.2, 0.25) is 0 Å². The van der Waals surface area contributed by atoms with Crippen molar-refractivity contribution in [1.29, 1.82) is 0 Å². The van der Waals surface area contributed by atoms with Crippen LogP contribution in [0.5, 0.6) is 11.5 Å². The Hall–Kier alpha value is -4.12. The number of nitrogens with zero attached hydrogens (tertiary/aromatic N) is 4. The van der Waals surface area contributed by atoms with E-state index in [1.807, 2.05) is 44.6 Å². The molecule has 1 atom stereocenters. The highest BCUT2D eigenvalue weighted by Crippen LogP contribution is 2.39. The van der Waals surface area contributed by atoms with Gasteiger partial charge in [0.15, 0.2) is 11.6 Å². The van der Waals surface area contributed by atoms with Crippen molar-refractivity contribution in [3.05, 3.63) is 60.3 Å². The van der Waals surface area contributed by atoms with Crippen LogP contribution < -0.4 is 4.74 Å².